The van der Waals surface area contributed by atoms with Crippen molar-refractivity contribution in [1.29, 1.82) is 0 Å². The molecule has 0 heterocycles. The molecule has 0 aliphatic heterocycles. The highest BCUT2D eigenvalue weighted by molar-refractivity contribution is 5.99. The molecule has 0 atom stereocenters. The molecule has 0 fully saturated rings. The van der Waals surface area contributed by atoms with Crippen molar-refractivity contribution in [2.75, 3.05) is 32.1 Å². The van der Waals surface area contributed by atoms with Crippen molar-refractivity contribution in [1.82, 2.24) is 5.32 Å². The van der Waals surface area contributed by atoms with E-state index in [-0.39, 0.29) is 5.91 Å². The standard InChI is InChI=1S/C12H18N2O2/c1-3-16-9-8-14-12(15)10-6-4-5-7-11(10)13-2/h4-7,13H,3,8-9H2,1-2H3,(H,14,15). The smallest absolute Gasteiger partial charge is 0.253 e. The van der Waals surface area contributed by atoms with Crippen molar-refractivity contribution in [3.05, 3.63) is 29.8 Å². The van der Waals surface area contributed by atoms with Crippen molar-refractivity contribution in [2.45, 2.75) is 6.92 Å². The Kier molecular flexibility index (Phi) is 5.36. The molecule has 0 aliphatic carbocycles. The van der Waals surface area contributed by atoms with Gasteiger partial charge in [0.25, 0.3) is 5.91 Å². The van der Waals surface area contributed by atoms with Crippen LogP contribution in [0.1, 0.15) is 17.3 Å². The fourth-order valence-electron chi connectivity index (χ4n) is 1.38. The van der Waals surface area contributed by atoms with Crippen LogP contribution in [0.3, 0.4) is 0 Å². The number of ether oxygens (including phenoxy) is 1. The fourth-order valence-corrected chi connectivity index (χ4v) is 1.38. The lowest BCUT2D eigenvalue weighted by Crippen LogP contribution is -2.27. The van der Waals surface area contributed by atoms with E-state index in [4.69, 9.17) is 4.74 Å². The second-order valence-corrected chi connectivity index (χ2v) is 3.25. The van der Waals surface area contributed by atoms with E-state index >= 15 is 0 Å². The average molecular weight is 222 g/mol. The van der Waals surface area contributed by atoms with Crippen LogP contribution in [0.15, 0.2) is 24.3 Å². The number of anilines is 1. The molecule has 0 unspecified atom stereocenters. The second-order valence-electron chi connectivity index (χ2n) is 3.25. The van der Waals surface area contributed by atoms with Gasteiger partial charge in [0.2, 0.25) is 0 Å². The van der Waals surface area contributed by atoms with Crippen LogP contribution in [0.2, 0.25) is 0 Å². The molecule has 16 heavy (non-hydrogen) atoms. The molecule has 4 heteroatoms. The van der Waals surface area contributed by atoms with Gasteiger partial charge in [-0.15, -0.1) is 0 Å². The highest BCUT2D eigenvalue weighted by Crippen LogP contribution is 2.13. The minimum atomic E-state index is -0.0790. The molecule has 1 rings (SSSR count). The first-order chi connectivity index (χ1) is 7.79. The van der Waals surface area contributed by atoms with Gasteiger partial charge in [0.1, 0.15) is 0 Å². The maximum absolute atomic E-state index is 11.8. The third kappa shape index (κ3) is 3.55. The van der Waals surface area contributed by atoms with Crippen LogP contribution in [0, 0.1) is 0 Å². The lowest BCUT2D eigenvalue weighted by atomic mass is 10.1. The molecule has 88 valence electrons. The number of hydrogen-bond donors (Lipinski definition) is 2. The zero-order chi connectivity index (χ0) is 11.8. The van der Waals surface area contributed by atoms with Crippen molar-refractivity contribution in [3.8, 4) is 0 Å². The molecule has 1 aromatic carbocycles. The average Bonchev–Trinajstić information content (AvgIpc) is 2.34. The van der Waals surface area contributed by atoms with E-state index in [1.165, 1.54) is 0 Å². The largest absolute Gasteiger partial charge is 0.387 e. The number of benzene rings is 1. The normalized spacial score (nSPS) is 9.88. The summed E-state index contributed by atoms with van der Waals surface area (Å²) in [7, 11) is 1.80. The predicted octanol–water partition coefficient (Wildman–Crippen LogP) is 1.49. The molecule has 0 saturated carbocycles. The number of carbonyl (C=O) groups excluding carboxylic acids is 1. The molecule has 0 radical (unpaired) electrons. The van der Waals surface area contributed by atoms with Crippen LogP contribution < -0.4 is 10.6 Å². The molecule has 0 aromatic heterocycles. The Morgan fingerprint density at radius 1 is 1.38 bits per heavy atom. The summed E-state index contributed by atoms with van der Waals surface area (Å²) in [4.78, 5) is 11.8. The minimum Gasteiger partial charge on any atom is -0.387 e. The number of hydrogen-bond acceptors (Lipinski definition) is 3. The van der Waals surface area contributed by atoms with E-state index < -0.39 is 0 Å². The van der Waals surface area contributed by atoms with Gasteiger partial charge in [0.05, 0.1) is 12.2 Å². The molecule has 4 nitrogen and oxygen atoms in total. The highest BCUT2D eigenvalue weighted by atomic mass is 16.5. The molecule has 1 aromatic rings. The summed E-state index contributed by atoms with van der Waals surface area (Å²) in [6, 6.07) is 7.40. The molecule has 0 saturated heterocycles. The number of rotatable bonds is 6. The summed E-state index contributed by atoms with van der Waals surface area (Å²) in [5, 5.41) is 5.79. The lowest BCUT2D eigenvalue weighted by molar-refractivity contribution is 0.0923. The maximum atomic E-state index is 11.8. The van der Waals surface area contributed by atoms with E-state index in [0.29, 0.717) is 25.3 Å². The van der Waals surface area contributed by atoms with Crippen LogP contribution in [-0.4, -0.2) is 32.7 Å². The Balaban J connectivity index is 2.52. The summed E-state index contributed by atoms with van der Waals surface area (Å²) >= 11 is 0. The summed E-state index contributed by atoms with van der Waals surface area (Å²) in [6.45, 7) is 3.68. The first-order valence-electron chi connectivity index (χ1n) is 5.42. The van der Waals surface area contributed by atoms with Gasteiger partial charge in [-0.25, -0.2) is 0 Å². The van der Waals surface area contributed by atoms with Crippen LogP contribution in [0.25, 0.3) is 0 Å². The van der Waals surface area contributed by atoms with Gasteiger partial charge < -0.3 is 15.4 Å². The van der Waals surface area contributed by atoms with Crippen molar-refractivity contribution in [3.63, 3.8) is 0 Å². The number of para-hydroxylation sites is 1. The molecule has 2 N–H and O–H groups in total. The van der Waals surface area contributed by atoms with Gasteiger partial charge in [-0.3, -0.25) is 4.79 Å². The van der Waals surface area contributed by atoms with Crippen LogP contribution in [-0.2, 0) is 4.74 Å². The Morgan fingerprint density at radius 3 is 2.81 bits per heavy atom. The van der Waals surface area contributed by atoms with Crippen LogP contribution in [0.4, 0.5) is 5.69 Å². The first kappa shape index (κ1) is 12.5. The van der Waals surface area contributed by atoms with Gasteiger partial charge in [0, 0.05) is 25.9 Å². The molecular weight excluding hydrogens is 204 g/mol. The van der Waals surface area contributed by atoms with E-state index in [9.17, 15) is 4.79 Å². The summed E-state index contributed by atoms with van der Waals surface area (Å²) in [5.41, 5.74) is 1.48. The Hall–Kier alpha value is -1.55. The summed E-state index contributed by atoms with van der Waals surface area (Å²) < 4.78 is 5.15. The Labute approximate surface area is 96.0 Å². The number of amides is 1. The van der Waals surface area contributed by atoms with Crippen molar-refractivity contribution >= 4 is 11.6 Å². The quantitative estimate of drug-likeness (QED) is 0.717. The van der Waals surface area contributed by atoms with Crippen LogP contribution >= 0.6 is 0 Å². The summed E-state index contributed by atoms with van der Waals surface area (Å²) in [6.07, 6.45) is 0. The van der Waals surface area contributed by atoms with Gasteiger partial charge >= 0.3 is 0 Å². The van der Waals surface area contributed by atoms with E-state index in [1.54, 1.807) is 13.1 Å². The Bertz CT molecular complexity index is 340. The van der Waals surface area contributed by atoms with E-state index in [1.807, 2.05) is 25.1 Å². The number of carbonyl (C=O) groups is 1. The predicted molar refractivity (Wildman–Crippen MR) is 64.8 cm³/mol. The van der Waals surface area contributed by atoms with Crippen molar-refractivity contribution < 1.29 is 9.53 Å². The molecule has 0 bridgehead atoms. The summed E-state index contributed by atoms with van der Waals surface area (Å²) in [5.74, 6) is -0.0790. The van der Waals surface area contributed by atoms with Crippen LogP contribution in [0.5, 0.6) is 0 Å². The van der Waals surface area contributed by atoms with E-state index in [2.05, 4.69) is 10.6 Å². The van der Waals surface area contributed by atoms with Gasteiger partial charge in [-0.2, -0.15) is 0 Å². The zero-order valence-corrected chi connectivity index (χ0v) is 9.75. The third-order valence-corrected chi connectivity index (χ3v) is 2.18. The van der Waals surface area contributed by atoms with Crippen molar-refractivity contribution in [2.24, 2.45) is 0 Å². The zero-order valence-electron chi connectivity index (χ0n) is 9.75. The highest BCUT2D eigenvalue weighted by Gasteiger charge is 2.08. The van der Waals surface area contributed by atoms with Gasteiger partial charge in [0.15, 0.2) is 0 Å². The third-order valence-electron chi connectivity index (χ3n) is 2.18. The second kappa shape index (κ2) is 6.85. The SMILES string of the molecule is CCOCCNC(=O)c1ccccc1NC. The molecular formula is C12H18N2O2. The van der Waals surface area contributed by atoms with E-state index in [0.717, 1.165) is 5.69 Å². The maximum Gasteiger partial charge on any atom is 0.253 e. The topological polar surface area (TPSA) is 50.4 Å². The van der Waals surface area contributed by atoms with Gasteiger partial charge in [-0.1, -0.05) is 12.1 Å². The monoisotopic (exact) mass is 222 g/mol. The van der Waals surface area contributed by atoms with Gasteiger partial charge in [-0.05, 0) is 19.1 Å². The molecule has 0 aliphatic rings. The molecule has 0 spiro atoms. The fraction of sp³-hybridized carbons (Fsp3) is 0.417. The Morgan fingerprint density at radius 2 is 2.12 bits per heavy atom. The lowest BCUT2D eigenvalue weighted by Gasteiger charge is -2.09. The first-order valence-corrected chi connectivity index (χ1v) is 5.42. The minimum absolute atomic E-state index is 0.0790. The molecule has 1 amide bonds. The number of nitrogens with one attached hydrogen (secondary N) is 2.